The van der Waals surface area contributed by atoms with Crippen LogP contribution in [0.4, 0.5) is 0 Å². The summed E-state index contributed by atoms with van der Waals surface area (Å²) in [4.78, 5) is 3.62. The number of para-hydroxylation sites is 1. The molecule has 2 heterocycles. The number of rotatable bonds is 3. The highest BCUT2D eigenvalue weighted by Crippen LogP contribution is 2.39. The summed E-state index contributed by atoms with van der Waals surface area (Å²) in [6.07, 6.45) is 1.39. The monoisotopic (exact) mass is 374 g/mol. The van der Waals surface area contributed by atoms with E-state index >= 15 is 0 Å². The predicted molar refractivity (Wildman–Crippen MR) is 100 cm³/mol. The highest BCUT2D eigenvalue weighted by atomic mass is 35.5. The summed E-state index contributed by atoms with van der Waals surface area (Å²) in [5.74, 6) is 0. The van der Waals surface area contributed by atoms with E-state index in [1.54, 1.807) is 28.6 Å². The Morgan fingerprint density at radius 2 is 1.88 bits per heavy atom. The lowest BCUT2D eigenvalue weighted by Crippen LogP contribution is -2.39. The van der Waals surface area contributed by atoms with Gasteiger partial charge in [0.15, 0.2) is 0 Å². The number of hydrogen-bond donors (Lipinski definition) is 1. The van der Waals surface area contributed by atoms with Gasteiger partial charge in [0.2, 0.25) is 10.0 Å². The molecule has 3 aromatic rings. The minimum atomic E-state index is -3.65. The van der Waals surface area contributed by atoms with Crippen LogP contribution in [0.3, 0.4) is 0 Å². The SMILES string of the molecule is CCC1c2[nH]c3ccccc3c2CCN1S(=O)(=O)c1ccccc1Cl. The summed E-state index contributed by atoms with van der Waals surface area (Å²) < 4.78 is 28.0. The Hall–Kier alpha value is -1.82. The van der Waals surface area contributed by atoms with Crippen molar-refractivity contribution < 1.29 is 8.42 Å². The van der Waals surface area contributed by atoms with E-state index in [1.165, 1.54) is 10.9 Å². The molecule has 0 saturated heterocycles. The number of H-pyrrole nitrogens is 1. The summed E-state index contributed by atoms with van der Waals surface area (Å²) in [5, 5.41) is 1.45. The maximum absolute atomic E-state index is 13.2. The maximum atomic E-state index is 13.2. The van der Waals surface area contributed by atoms with Gasteiger partial charge in [0.1, 0.15) is 4.90 Å². The molecule has 1 unspecified atom stereocenters. The molecule has 0 aliphatic carbocycles. The number of sulfonamides is 1. The molecule has 1 aliphatic rings. The molecule has 0 saturated carbocycles. The average Bonchev–Trinajstić information content (AvgIpc) is 2.99. The summed E-state index contributed by atoms with van der Waals surface area (Å²) >= 11 is 6.17. The highest BCUT2D eigenvalue weighted by Gasteiger charge is 2.37. The number of benzene rings is 2. The molecular formula is C19H19ClN2O2S. The fraction of sp³-hybridized carbons (Fsp3) is 0.263. The van der Waals surface area contributed by atoms with E-state index in [0.717, 1.165) is 11.2 Å². The van der Waals surface area contributed by atoms with E-state index in [2.05, 4.69) is 11.1 Å². The molecule has 1 atom stereocenters. The smallest absolute Gasteiger partial charge is 0.245 e. The van der Waals surface area contributed by atoms with E-state index in [4.69, 9.17) is 11.6 Å². The van der Waals surface area contributed by atoms with Crippen molar-refractivity contribution >= 4 is 32.5 Å². The van der Waals surface area contributed by atoms with Gasteiger partial charge in [0.25, 0.3) is 0 Å². The van der Waals surface area contributed by atoms with Gasteiger partial charge in [0, 0.05) is 23.1 Å². The Morgan fingerprint density at radius 3 is 2.64 bits per heavy atom. The number of nitrogens with one attached hydrogen (secondary N) is 1. The Morgan fingerprint density at radius 1 is 1.16 bits per heavy atom. The van der Waals surface area contributed by atoms with Crippen molar-refractivity contribution in [1.29, 1.82) is 0 Å². The second-order valence-electron chi connectivity index (χ2n) is 6.28. The standard InChI is InChI=1S/C19H19ClN2O2S/c1-2-17-19-14(13-7-3-5-9-16(13)21-19)11-12-22(17)25(23,24)18-10-6-4-8-15(18)20/h3-10,17,21H,2,11-12H2,1H3. The molecule has 6 heteroatoms. The zero-order valence-electron chi connectivity index (χ0n) is 13.9. The van der Waals surface area contributed by atoms with E-state index in [1.807, 2.05) is 25.1 Å². The van der Waals surface area contributed by atoms with Gasteiger partial charge < -0.3 is 4.98 Å². The molecule has 0 fully saturated rings. The minimum absolute atomic E-state index is 0.176. The lowest BCUT2D eigenvalue weighted by Gasteiger charge is -2.34. The molecule has 0 radical (unpaired) electrons. The van der Waals surface area contributed by atoms with Crippen molar-refractivity contribution in [3.05, 3.63) is 64.8 Å². The first-order valence-electron chi connectivity index (χ1n) is 8.40. The molecule has 2 aromatic carbocycles. The first kappa shape index (κ1) is 16.6. The van der Waals surface area contributed by atoms with Gasteiger partial charge in [-0.1, -0.05) is 48.9 Å². The number of hydrogen-bond acceptors (Lipinski definition) is 2. The van der Waals surface area contributed by atoms with Gasteiger partial charge in [-0.15, -0.1) is 0 Å². The maximum Gasteiger partial charge on any atom is 0.245 e. The van der Waals surface area contributed by atoms with Crippen LogP contribution in [0.5, 0.6) is 0 Å². The Kier molecular flexibility index (Phi) is 4.10. The molecule has 4 nitrogen and oxygen atoms in total. The summed E-state index contributed by atoms with van der Waals surface area (Å²) in [7, 11) is -3.65. The fourth-order valence-electron chi connectivity index (χ4n) is 3.77. The zero-order valence-corrected chi connectivity index (χ0v) is 15.4. The first-order valence-corrected chi connectivity index (χ1v) is 10.2. The topological polar surface area (TPSA) is 53.2 Å². The molecule has 4 rings (SSSR count). The largest absolute Gasteiger partial charge is 0.357 e. The number of aromatic nitrogens is 1. The van der Waals surface area contributed by atoms with Gasteiger partial charge in [-0.25, -0.2) is 8.42 Å². The quantitative estimate of drug-likeness (QED) is 0.732. The summed E-state index contributed by atoms with van der Waals surface area (Å²) in [5.41, 5.74) is 3.29. The average molecular weight is 375 g/mol. The van der Waals surface area contributed by atoms with Crippen molar-refractivity contribution in [2.75, 3.05) is 6.54 Å². The van der Waals surface area contributed by atoms with E-state index in [-0.39, 0.29) is 16.0 Å². The lowest BCUT2D eigenvalue weighted by molar-refractivity contribution is 0.297. The number of nitrogens with zero attached hydrogens (tertiary/aromatic N) is 1. The fourth-order valence-corrected chi connectivity index (χ4v) is 5.94. The summed E-state index contributed by atoms with van der Waals surface area (Å²) in [6.45, 7) is 2.47. The normalized spacial score (nSPS) is 18.4. The number of halogens is 1. The van der Waals surface area contributed by atoms with E-state index in [0.29, 0.717) is 19.4 Å². The zero-order chi connectivity index (χ0) is 17.6. The van der Waals surface area contributed by atoms with Crippen molar-refractivity contribution in [2.24, 2.45) is 0 Å². The lowest BCUT2D eigenvalue weighted by atomic mass is 9.98. The minimum Gasteiger partial charge on any atom is -0.357 e. The van der Waals surface area contributed by atoms with Gasteiger partial charge in [-0.3, -0.25) is 0 Å². The van der Waals surface area contributed by atoms with Crippen molar-refractivity contribution in [3.8, 4) is 0 Å². The predicted octanol–water partition coefficient (Wildman–Crippen LogP) is 4.52. The third-order valence-electron chi connectivity index (χ3n) is 4.92. The third kappa shape index (κ3) is 2.58. The van der Waals surface area contributed by atoms with Gasteiger partial charge in [-0.2, -0.15) is 4.31 Å². The second kappa shape index (κ2) is 6.16. The third-order valence-corrected chi connectivity index (χ3v) is 7.33. The van der Waals surface area contributed by atoms with Crippen LogP contribution >= 0.6 is 11.6 Å². The molecule has 1 N–H and O–H groups in total. The number of aromatic amines is 1. The molecule has 0 amide bonds. The van der Waals surface area contributed by atoms with Crippen molar-refractivity contribution in [3.63, 3.8) is 0 Å². The van der Waals surface area contributed by atoms with Crippen LogP contribution in [0.2, 0.25) is 5.02 Å². The highest BCUT2D eigenvalue weighted by molar-refractivity contribution is 7.89. The Balaban J connectivity index is 1.84. The van der Waals surface area contributed by atoms with Crippen LogP contribution < -0.4 is 0 Å². The van der Waals surface area contributed by atoms with Gasteiger partial charge in [-0.05, 0) is 36.6 Å². The molecule has 0 spiro atoms. The van der Waals surface area contributed by atoms with Crippen LogP contribution in [-0.2, 0) is 16.4 Å². The summed E-state index contributed by atoms with van der Waals surface area (Å²) in [6, 6.07) is 14.6. The van der Waals surface area contributed by atoms with Gasteiger partial charge >= 0.3 is 0 Å². The van der Waals surface area contributed by atoms with E-state index in [9.17, 15) is 8.42 Å². The van der Waals surface area contributed by atoms with Crippen LogP contribution in [0, 0.1) is 0 Å². The van der Waals surface area contributed by atoms with Crippen molar-refractivity contribution in [2.45, 2.75) is 30.7 Å². The Bertz CT molecular complexity index is 1040. The molecule has 1 aliphatic heterocycles. The van der Waals surface area contributed by atoms with Crippen LogP contribution in [0.1, 0.15) is 30.6 Å². The van der Waals surface area contributed by atoms with Gasteiger partial charge in [0.05, 0.1) is 11.1 Å². The molecule has 25 heavy (non-hydrogen) atoms. The van der Waals surface area contributed by atoms with Crippen LogP contribution in [-0.4, -0.2) is 24.3 Å². The Labute approximate surface area is 152 Å². The first-order chi connectivity index (χ1) is 12.0. The molecular weight excluding hydrogens is 356 g/mol. The van der Waals surface area contributed by atoms with Crippen LogP contribution in [0.15, 0.2) is 53.4 Å². The van der Waals surface area contributed by atoms with E-state index < -0.39 is 10.0 Å². The molecule has 1 aromatic heterocycles. The van der Waals surface area contributed by atoms with Crippen LogP contribution in [0.25, 0.3) is 10.9 Å². The second-order valence-corrected chi connectivity index (χ2v) is 8.55. The van der Waals surface area contributed by atoms with Crippen molar-refractivity contribution in [1.82, 2.24) is 9.29 Å². The number of fused-ring (bicyclic) bond motifs is 3. The molecule has 0 bridgehead atoms. The molecule has 130 valence electrons.